The van der Waals surface area contributed by atoms with E-state index in [4.69, 9.17) is 0 Å². The van der Waals surface area contributed by atoms with Crippen LogP contribution in [0.2, 0.25) is 0 Å². The van der Waals surface area contributed by atoms with Gasteiger partial charge in [0.05, 0.1) is 10.5 Å². The number of ketones is 1. The predicted molar refractivity (Wildman–Crippen MR) is 195 cm³/mol. The molecule has 0 aliphatic heterocycles. The van der Waals surface area contributed by atoms with Gasteiger partial charge in [-0.2, -0.15) is 0 Å². The SMILES string of the molecule is CCCCCCCCCCCCCCCCCCNC(=O)c1cc(SC(C(=O)Nc2ccccc2)C(=O)C(C)(C)C)ccc1S(=O)(=O)[O-].[K+]. The van der Waals surface area contributed by atoms with E-state index >= 15 is 0 Å². The van der Waals surface area contributed by atoms with E-state index in [1.807, 2.05) is 0 Å². The van der Waals surface area contributed by atoms with Gasteiger partial charge in [0, 0.05) is 22.5 Å². The van der Waals surface area contributed by atoms with Gasteiger partial charge < -0.3 is 15.2 Å². The maximum atomic E-state index is 13.3. The summed E-state index contributed by atoms with van der Waals surface area (Å²) in [7, 11) is -4.95. The Morgan fingerprint density at radius 2 is 1.24 bits per heavy atom. The number of hydrogen-bond acceptors (Lipinski definition) is 7. The van der Waals surface area contributed by atoms with Crippen molar-refractivity contribution in [2.75, 3.05) is 11.9 Å². The Hall–Kier alpha value is -1.05. The molecule has 2 N–H and O–H groups in total. The van der Waals surface area contributed by atoms with E-state index in [2.05, 4.69) is 17.6 Å². The van der Waals surface area contributed by atoms with Crippen molar-refractivity contribution < 1.29 is 78.7 Å². The second-order valence-electron chi connectivity index (χ2n) is 13.6. The molecule has 0 aromatic heterocycles. The van der Waals surface area contributed by atoms with E-state index in [-0.39, 0.29) is 62.7 Å². The number of carbonyl (C=O) groups is 3. The summed E-state index contributed by atoms with van der Waals surface area (Å²) in [5.41, 5.74) is -0.620. The van der Waals surface area contributed by atoms with Crippen LogP contribution in [0.25, 0.3) is 0 Å². The molecule has 268 valence electrons. The van der Waals surface area contributed by atoms with Gasteiger partial charge in [0.2, 0.25) is 5.91 Å². The van der Waals surface area contributed by atoms with Crippen molar-refractivity contribution in [3.8, 4) is 0 Å². The molecule has 49 heavy (non-hydrogen) atoms. The minimum absolute atomic E-state index is 0. The van der Waals surface area contributed by atoms with E-state index in [1.165, 1.54) is 89.2 Å². The molecule has 0 aliphatic rings. The van der Waals surface area contributed by atoms with Crippen LogP contribution >= 0.6 is 11.8 Å². The third kappa shape index (κ3) is 18.8. The summed E-state index contributed by atoms with van der Waals surface area (Å²) >= 11 is 0.914. The van der Waals surface area contributed by atoms with Crippen LogP contribution in [-0.2, 0) is 19.7 Å². The van der Waals surface area contributed by atoms with Crippen molar-refractivity contribution in [2.24, 2.45) is 5.41 Å². The van der Waals surface area contributed by atoms with Gasteiger partial charge >= 0.3 is 51.4 Å². The molecule has 1 atom stereocenters. The summed E-state index contributed by atoms with van der Waals surface area (Å²) in [6.45, 7) is 7.73. The molecule has 0 fully saturated rings. The molecule has 2 rings (SSSR count). The summed E-state index contributed by atoms with van der Waals surface area (Å²) in [6, 6.07) is 12.4. The fourth-order valence-corrected chi connectivity index (χ4v) is 7.32. The number of carbonyl (C=O) groups excluding carboxylic acids is 3. The van der Waals surface area contributed by atoms with E-state index in [0.29, 0.717) is 17.1 Å². The largest absolute Gasteiger partial charge is 1.00 e. The van der Waals surface area contributed by atoms with Gasteiger partial charge in [-0.15, -0.1) is 11.8 Å². The van der Waals surface area contributed by atoms with Gasteiger partial charge in [-0.05, 0) is 36.8 Å². The van der Waals surface area contributed by atoms with Gasteiger partial charge in [0.25, 0.3) is 5.91 Å². The van der Waals surface area contributed by atoms with Gasteiger partial charge in [0.1, 0.15) is 15.4 Å². The first kappa shape index (κ1) is 46.0. The van der Waals surface area contributed by atoms with E-state index in [0.717, 1.165) is 43.5 Å². The average molecular weight is 741 g/mol. The van der Waals surface area contributed by atoms with Gasteiger partial charge in [-0.1, -0.05) is 142 Å². The Morgan fingerprint density at radius 3 is 1.71 bits per heavy atom. The quantitative estimate of drug-likeness (QED) is 0.0425. The van der Waals surface area contributed by atoms with Gasteiger partial charge in [-0.25, -0.2) is 8.42 Å². The zero-order chi connectivity index (χ0) is 35.4. The normalized spacial score (nSPS) is 12.2. The Balaban J connectivity index is 0.0000120. The molecular weight excluding hydrogens is 684 g/mol. The Labute approximate surface area is 342 Å². The van der Waals surface area contributed by atoms with Crippen molar-refractivity contribution in [1.82, 2.24) is 5.32 Å². The monoisotopic (exact) mass is 740 g/mol. The van der Waals surface area contributed by atoms with Crippen LogP contribution in [0.5, 0.6) is 0 Å². The average Bonchev–Trinajstić information content (AvgIpc) is 3.04. The van der Waals surface area contributed by atoms with Crippen LogP contribution in [0.1, 0.15) is 141 Å². The first-order valence-corrected chi connectivity index (χ1v) is 20.1. The van der Waals surface area contributed by atoms with Crippen LogP contribution in [0.15, 0.2) is 58.3 Å². The molecule has 1 unspecified atom stereocenters. The number of amides is 2. The van der Waals surface area contributed by atoms with Crippen LogP contribution in [0.3, 0.4) is 0 Å². The summed E-state index contributed by atoms with van der Waals surface area (Å²) in [5, 5.41) is 4.32. The number of hydrogen-bond donors (Lipinski definition) is 2. The summed E-state index contributed by atoms with van der Waals surface area (Å²) in [4.78, 5) is 39.4. The molecule has 2 aromatic rings. The van der Waals surface area contributed by atoms with Crippen molar-refractivity contribution >= 4 is 45.2 Å². The van der Waals surface area contributed by atoms with Crippen molar-refractivity contribution in [1.29, 1.82) is 0 Å². The molecule has 0 saturated carbocycles. The first-order chi connectivity index (χ1) is 22.8. The molecule has 0 heterocycles. The van der Waals surface area contributed by atoms with Crippen LogP contribution in [0.4, 0.5) is 5.69 Å². The van der Waals surface area contributed by atoms with E-state index in [1.54, 1.807) is 51.1 Å². The van der Waals surface area contributed by atoms with Crippen molar-refractivity contribution in [3.63, 3.8) is 0 Å². The van der Waals surface area contributed by atoms with Gasteiger partial charge in [-0.3, -0.25) is 14.4 Å². The topological polar surface area (TPSA) is 132 Å². The molecule has 0 bridgehead atoms. The molecule has 0 aliphatic carbocycles. The fraction of sp³-hybridized carbons (Fsp3) is 0.605. The van der Waals surface area contributed by atoms with Crippen LogP contribution < -0.4 is 62.0 Å². The molecule has 2 aromatic carbocycles. The zero-order valence-corrected chi connectivity index (χ0v) is 35.2. The number of unbranched alkanes of at least 4 members (excludes halogenated alkanes) is 15. The number of nitrogens with one attached hydrogen (secondary N) is 2. The second kappa shape index (κ2) is 25.0. The number of rotatable bonds is 24. The summed E-state index contributed by atoms with van der Waals surface area (Å²) < 4.78 is 36.0. The van der Waals surface area contributed by atoms with Crippen molar-refractivity contribution in [2.45, 2.75) is 145 Å². The third-order valence-electron chi connectivity index (χ3n) is 8.29. The second-order valence-corrected chi connectivity index (χ2v) is 16.2. The standard InChI is InChI=1S/C38H58N2O6S2.K/c1-5-6-7-8-9-10-11-12-13-14-15-16-17-18-19-23-28-39-36(42)32-29-31(26-27-33(32)48(44,45)46)47-34(35(41)38(2,3)4)37(43)40-30-24-21-20-22-25-30;/h20-22,24-27,29,34H,5-19,23,28H2,1-4H3,(H,39,42)(H,40,43)(H,44,45,46);/q;+1/p-1. The number of benzene rings is 2. The third-order valence-corrected chi connectivity index (χ3v) is 10.4. The summed E-state index contributed by atoms with van der Waals surface area (Å²) in [5.74, 6) is -1.56. The first-order valence-electron chi connectivity index (χ1n) is 17.8. The molecule has 8 nitrogen and oxygen atoms in total. The number of thioether (sulfide) groups is 1. The summed E-state index contributed by atoms with van der Waals surface area (Å²) in [6.07, 6.45) is 19.8. The maximum Gasteiger partial charge on any atom is 1.00 e. The number of para-hydroxylation sites is 1. The van der Waals surface area contributed by atoms with E-state index < -0.39 is 37.5 Å². The molecule has 0 spiro atoms. The molecule has 0 saturated heterocycles. The minimum atomic E-state index is -4.95. The van der Waals surface area contributed by atoms with Crippen molar-refractivity contribution in [3.05, 3.63) is 54.1 Å². The fourth-order valence-electron chi connectivity index (χ4n) is 5.43. The van der Waals surface area contributed by atoms with E-state index in [9.17, 15) is 27.4 Å². The Bertz CT molecular complexity index is 1380. The van der Waals surface area contributed by atoms with Gasteiger partial charge in [0.15, 0.2) is 5.78 Å². The maximum absolute atomic E-state index is 13.3. The zero-order valence-electron chi connectivity index (χ0n) is 30.5. The minimum Gasteiger partial charge on any atom is -0.744 e. The molecular formula is C38H57KN2O6S2. The smallest absolute Gasteiger partial charge is 0.744 e. The Kier molecular flexibility index (Phi) is 23.5. The molecule has 11 heteroatoms. The van der Waals surface area contributed by atoms with Crippen LogP contribution in [-0.4, -0.2) is 42.4 Å². The number of Topliss-reactive ketones (excluding diaryl/α,β-unsaturated/α-hetero) is 1. The Morgan fingerprint density at radius 1 is 0.755 bits per heavy atom. The molecule has 2 amide bonds. The number of anilines is 1. The van der Waals surface area contributed by atoms with Crippen LogP contribution in [0, 0.1) is 5.41 Å². The predicted octanol–water partition coefficient (Wildman–Crippen LogP) is 6.30. The molecule has 0 radical (unpaired) electrons.